The van der Waals surface area contributed by atoms with E-state index in [-0.39, 0.29) is 13.2 Å². The summed E-state index contributed by atoms with van der Waals surface area (Å²) in [6.45, 7) is -0.0828. The molecule has 4 N–H and O–H groups in total. The van der Waals surface area contributed by atoms with Crippen LogP contribution >= 0.6 is 0 Å². The van der Waals surface area contributed by atoms with Crippen molar-refractivity contribution in [2.75, 3.05) is 6.54 Å². The number of hydrogen-bond acceptors (Lipinski definition) is 6. The quantitative estimate of drug-likeness (QED) is 0.348. The molecule has 0 aromatic heterocycles. The van der Waals surface area contributed by atoms with Crippen LogP contribution in [0.4, 0.5) is 4.79 Å². The fourth-order valence-electron chi connectivity index (χ4n) is 2.24. The van der Waals surface area contributed by atoms with Crippen LogP contribution in [0.2, 0.25) is 0 Å². The summed E-state index contributed by atoms with van der Waals surface area (Å²) < 4.78 is 5.03. The molecule has 0 spiro atoms. The number of oxime groups is 1. The number of carbonyl (C=O) groups excluding carboxylic acids is 1. The summed E-state index contributed by atoms with van der Waals surface area (Å²) in [5.74, 6) is 0. The summed E-state index contributed by atoms with van der Waals surface area (Å²) in [5.41, 5.74) is 1.69. The molecule has 2 unspecified atom stereocenters. The van der Waals surface area contributed by atoms with E-state index in [1.165, 1.54) is 0 Å². The molecule has 0 bridgehead atoms. The van der Waals surface area contributed by atoms with Crippen LogP contribution in [-0.4, -0.2) is 40.4 Å². The molecular weight excluding hydrogens is 324 g/mol. The predicted molar refractivity (Wildman–Crippen MR) is 91.4 cm³/mol. The maximum absolute atomic E-state index is 11.7. The first-order chi connectivity index (χ1) is 12.1. The van der Waals surface area contributed by atoms with Crippen LogP contribution in [0.1, 0.15) is 22.8 Å². The number of carbonyl (C=O) groups is 1. The second-order valence-electron chi connectivity index (χ2n) is 5.33. The van der Waals surface area contributed by atoms with E-state index in [9.17, 15) is 15.0 Å². The van der Waals surface area contributed by atoms with Gasteiger partial charge >= 0.3 is 6.09 Å². The molecule has 0 saturated heterocycles. The zero-order valence-corrected chi connectivity index (χ0v) is 13.4. The first-order valence-electron chi connectivity index (χ1n) is 7.69. The molecule has 0 heterocycles. The molecule has 2 aromatic carbocycles. The normalized spacial score (nSPS) is 13.4. The van der Waals surface area contributed by atoms with Crippen molar-refractivity contribution in [3.63, 3.8) is 0 Å². The van der Waals surface area contributed by atoms with Gasteiger partial charge in [0.2, 0.25) is 0 Å². The Morgan fingerprint density at radius 1 is 1.12 bits per heavy atom. The van der Waals surface area contributed by atoms with E-state index in [1.54, 1.807) is 24.3 Å². The molecule has 0 saturated carbocycles. The minimum absolute atomic E-state index is 0.112. The Morgan fingerprint density at radius 3 is 2.52 bits per heavy atom. The number of amides is 1. The SMILES string of the molecule is O=C(NCC(O)C(O)c1ccccc1C=NO)OCc1ccccc1. The summed E-state index contributed by atoms with van der Waals surface area (Å²) in [6, 6.07) is 15.8. The number of ether oxygens (including phenoxy) is 1. The van der Waals surface area contributed by atoms with E-state index in [1.807, 2.05) is 30.3 Å². The topological polar surface area (TPSA) is 111 Å². The lowest BCUT2D eigenvalue weighted by molar-refractivity contribution is 0.0183. The van der Waals surface area contributed by atoms with Gasteiger partial charge in [-0.15, -0.1) is 0 Å². The number of rotatable bonds is 7. The highest BCUT2D eigenvalue weighted by atomic mass is 16.5. The maximum atomic E-state index is 11.7. The monoisotopic (exact) mass is 344 g/mol. The third-order valence-corrected chi connectivity index (χ3v) is 3.54. The van der Waals surface area contributed by atoms with Crippen LogP contribution in [0, 0.1) is 0 Å². The molecular formula is C18H20N2O5. The first kappa shape index (κ1) is 18.4. The van der Waals surface area contributed by atoms with E-state index in [2.05, 4.69) is 10.5 Å². The molecule has 2 atom stereocenters. The maximum Gasteiger partial charge on any atom is 0.407 e. The van der Waals surface area contributed by atoms with Gasteiger partial charge in [0, 0.05) is 12.1 Å². The van der Waals surface area contributed by atoms with E-state index < -0.39 is 18.3 Å². The Hall–Kier alpha value is -2.90. The second-order valence-corrected chi connectivity index (χ2v) is 5.33. The van der Waals surface area contributed by atoms with Crippen molar-refractivity contribution in [2.45, 2.75) is 18.8 Å². The molecule has 0 aliphatic carbocycles. The van der Waals surface area contributed by atoms with Crippen molar-refractivity contribution in [2.24, 2.45) is 5.16 Å². The summed E-state index contributed by atoms with van der Waals surface area (Å²) in [5, 5.41) is 34.3. The van der Waals surface area contributed by atoms with Crippen LogP contribution in [0.15, 0.2) is 59.8 Å². The standard InChI is InChI=1S/C18H20N2O5/c21-16(17(22)15-9-5-4-8-14(15)10-20-24)11-19-18(23)25-12-13-6-2-1-3-7-13/h1-10,16-17,21-22,24H,11-12H2,(H,19,23). The van der Waals surface area contributed by atoms with Crippen LogP contribution in [0.3, 0.4) is 0 Å². The third kappa shape index (κ3) is 5.59. The predicted octanol–water partition coefficient (Wildman–Crippen LogP) is 1.82. The zero-order chi connectivity index (χ0) is 18.1. The van der Waals surface area contributed by atoms with Gasteiger partial charge in [0.1, 0.15) is 18.8 Å². The number of nitrogens with zero attached hydrogens (tertiary/aromatic N) is 1. The van der Waals surface area contributed by atoms with E-state index >= 15 is 0 Å². The average Bonchev–Trinajstić information content (AvgIpc) is 2.65. The van der Waals surface area contributed by atoms with Gasteiger partial charge in [-0.05, 0) is 11.1 Å². The summed E-state index contributed by atoms with van der Waals surface area (Å²) in [7, 11) is 0. The number of hydrogen-bond donors (Lipinski definition) is 4. The van der Waals surface area contributed by atoms with Crippen LogP contribution in [-0.2, 0) is 11.3 Å². The van der Waals surface area contributed by atoms with Gasteiger partial charge in [-0.2, -0.15) is 0 Å². The molecule has 0 aliphatic heterocycles. The van der Waals surface area contributed by atoms with Crippen molar-refractivity contribution in [3.05, 3.63) is 71.3 Å². The number of aliphatic hydroxyl groups is 2. The second kappa shape index (κ2) is 9.41. The van der Waals surface area contributed by atoms with E-state index in [0.29, 0.717) is 11.1 Å². The Labute approximate surface area is 145 Å². The Bertz CT molecular complexity index is 706. The van der Waals surface area contributed by atoms with Crippen molar-refractivity contribution in [1.29, 1.82) is 0 Å². The highest BCUT2D eigenvalue weighted by molar-refractivity contribution is 5.81. The van der Waals surface area contributed by atoms with Gasteiger partial charge in [0.25, 0.3) is 0 Å². The van der Waals surface area contributed by atoms with Crippen molar-refractivity contribution in [3.8, 4) is 0 Å². The molecule has 2 aromatic rings. The molecule has 0 aliphatic rings. The molecule has 132 valence electrons. The van der Waals surface area contributed by atoms with Crippen molar-refractivity contribution < 1.29 is 25.0 Å². The van der Waals surface area contributed by atoms with Crippen molar-refractivity contribution in [1.82, 2.24) is 5.32 Å². The van der Waals surface area contributed by atoms with E-state index in [4.69, 9.17) is 9.94 Å². The Morgan fingerprint density at radius 2 is 1.80 bits per heavy atom. The molecule has 0 fully saturated rings. The number of aliphatic hydroxyl groups excluding tert-OH is 2. The highest BCUT2D eigenvalue weighted by Gasteiger charge is 2.21. The van der Waals surface area contributed by atoms with Crippen LogP contribution < -0.4 is 5.32 Å². The molecule has 1 amide bonds. The summed E-state index contributed by atoms with van der Waals surface area (Å²) in [6.07, 6.45) is -2.05. The lowest BCUT2D eigenvalue weighted by atomic mass is 9.99. The van der Waals surface area contributed by atoms with Gasteiger partial charge in [-0.3, -0.25) is 0 Å². The minimum Gasteiger partial charge on any atom is -0.445 e. The van der Waals surface area contributed by atoms with E-state index in [0.717, 1.165) is 11.8 Å². The lowest BCUT2D eigenvalue weighted by Gasteiger charge is -2.20. The van der Waals surface area contributed by atoms with Gasteiger partial charge in [-0.1, -0.05) is 59.8 Å². The molecule has 7 heteroatoms. The number of alkyl carbamates (subject to hydrolysis) is 1. The fraction of sp³-hybridized carbons (Fsp3) is 0.222. The largest absolute Gasteiger partial charge is 0.445 e. The van der Waals surface area contributed by atoms with Gasteiger partial charge < -0.3 is 25.5 Å². The Kier molecular flexibility index (Phi) is 6.94. The smallest absolute Gasteiger partial charge is 0.407 e. The highest BCUT2D eigenvalue weighted by Crippen LogP contribution is 2.20. The summed E-state index contributed by atoms with van der Waals surface area (Å²) in [4.78, 5) is 11.7. The van der Waals surface area contributed by atoms with Gasteiger partial charge in [-0.25, -0.2) is 4.79 Å². The minimum atomic E-state index is -1.26. The lowest BCUT2D eigenvalue weighted by Crippen LogP contribution is -2.36. The molecule has 7 nitrogen and oxygen atoms in total. The summed E-state index contributed by atoms with van der Waals surface area (Å²) >= 11 is 0. The molecule has 25 heavy (non-hydrogen) atoms. The fourth-order valence-corrected chi connectivity index (χ4v) is 2.24. The zero-order valence-electron chi connectivity index (χ0n) is 13.4. The number of nitrogens with one attached hydrogen (secondary N) is 1. The van der Waals surface area contributed by atoms with Gasteiger partial charge in [0.05, 0.1) is 6.21 Å². The van der Waals surface area contributed by atoms with Crippen molar-refractivity contribution >= 4 is 12.3 Å². The van der Waals surface area contributed by atoms with Gasteiger partial charge in [0.15, 0.2) is 0 Å². The van der Waals surface area contributed by atoms with Crippen LogP contribution in [0.5, 0.6) is 0 Å². The Balaban J connectivity index is 1.85. The first-order valence-corrected chi connectivity index (χ1v) is 7.69. The average molecular weight is 344 g/mol. The molecule has 0 radical (unpaired) electrons. The van der Waals surface area contributed by atoms with Crippen LogP contribution in [0.25, 0.3) is 0 Å². The molecule has 2 rings (SSSR count). The third-order valence-electron chi connectivity index (χ3n) is 3.54. The number of benzene rings is 2.